The SMILES string of the molecule is Cc1ccc(C(=O)N2CCC(C(=O)N3CCC(C)(O)C(O)C3)CC2)cc1. The molecule has 2 unspecified atom stereocenters. The zero-order chi connectivity index (χ0) is 18.9. The summed E-state index contributed by atoms with van der Waals surface area (Å²) in [5, 5.41) is 20.1. The van der Waals surface area contributed by atoms with Crippen LogP contribution in [0.1, 0.15) is 42.1 Å². The van der Waals surface area contributed by atoms with Crippen LogP contribution in [0, 0.1) is 12.8 Å². The van der Waals surface area contributed by atoms with E-state index >= 15 is 0 Å². The number of aryl methyl sites for hydroxylation is 1. The number of hydrogen-bond donors (Lipinski definition) is 2. The van der Waals surface area contributed by atoms with E-state index in [1.165, 1.54) is 0 Å². The number of aliphatic hydroxyl groups excluding tert-OH is 1. The van der Waals surface area contributed by atoms with Crippen molar-refractivity contribution in [1.82, 2.24) is 9.80 Å². The van der Waals surface area contributed by atoms with Gasteiger partial charge in [0.25, 0.3) is 5.91 Å². The second-order valence-electron chi connectivity index (χ2n) is 7.84. The monoisotopic (exact) mass is 360 g/mol. The predicted molar refractivity (Wildman–Crippen MR) is 97.6 cm³/mol. The van der Waals surface area contributed by atoms with Gasteiger partial charge in [-0.2, -0.15) is 0 Å². The van der Waals surface area contributed by atoms with Crippen molar-refractivity contribution in [1.29, 1.82) is 0 Å². The molecule has 2 heterocycles. The van der Waals surface area contributed by atoms with Crippen LogP contribution in [0.15, 0.2) is 24.3 Å². The zero-order valence-electron chi connectivity index (χ0n) is 15.5. The molecular formula is C20H28N2O4. The highest BCUT2D eigenvalue weighted by atomic mass is 16.3. The summed E-state index contributed by atoms with van der Waals surface area (Å²) in [5.74, 6) is -0.0744. The Labute approximate surface area is 154 Å². The van der Waals surface area contributed by atoms with Crippen LogP contribution in [0.4, 0.5) is 0 Å². The van der Waals surface area contributed by atoms with E-state index < -0.39 is 11.7 Å². The molecule has 0 bridgehead atoms. The number of aliphatic hydroxyl groups is 2. The summed E-state index contributed by atoms with van der Waals surface area (Å²) in [7, 11) is 0. The minimum atomic E-state index is -1.12. The largest absolute Gasteiger partial charge is 0.388 e. The van der Waals surface area contributed by atoms with Gasteiger partial charge in [-0.3, -0.25) is 9.59 Å². The van der Waals surface area contributed by atoms with E-state index in [9.17, 15) is 19.8 Å². The van der Waals surface area contributed by atoms with Gasteiger partial charge >= 0.3 is 0 Å². The first-order valence-electron chi connectivity index (χ1n) is 9.33. The summed E-state index contributed by atoms with van der Waals surface area (Å²) in [6.45, 7) is 5.37. The molecule has 6 heteroatoms. The highest BCUT2D eigenvalue weighted by Gasteiger charge is 2.40. The van der Waals surface area contributed by atoms with Crippen LogP contribution < -0.4 is 0 Å². The third-order valence-electron chi connectivity index (χ3n) is 5.74. The molecule has 6 nitrogen and oxygen atoms in total. The van der Waals surface area contributed by atoms with Crippen molar-refractivity contribution in [2.24, 2.45) is 5.92 Å². The van der Waals surface area contributed by atoms with Crippen LogP contribution in [0.5, 0.6) is 0 Å². The molecule has 2 saturated heterocycles. The van der Waals surface area contributed by atoms with E-state index in [1.54, 1.807) is 11.8 Å². The molecule has 0 aliphatic carbocycles. The number of hydrogen-bond acceptors (Lipinski definition) is 4. The summed E-state index contributed by atoms with van der Waals surface area (Å²) >= 11 is 0. The molecule has 2 aliphatic heterocycles. The predicted octanol–water partition coefficient (Wildman–Crippen LogP) is 1.19. The van der Waals surface area contributed by atoms with Crippen molar-refractivity contribution in [2.45, 2.75) is 44.8 Å². The molecule has 2 amide bonds. The topological polar surface area (TPSA) is 81.1 Å². The maximum Gasteiger partial charge on any atom is 0.253 e. The molecule has 0 saturated carbocycles. The van der Waals surface area contributed by atoms with Gasteiger partial charge in [-0.1, -0.05) is 17.7 Å². The Balaban J connectivity index is 1.54. The van der Waals surface area contributed by atoms with Crippen molar-refractivity contribution in [2.75, 3.05) is 26.2 Å². The molecular weight excluding hydrogens is 332 g/mol. The van der Waals surface area contributed by atoms with Crippen molar-refractivity contribution < 1.29 is 19.8 Å². The Morgan fingerprint density at radius 2 is 1.69 bits per heavy atom. The first-order valence-corrected chi connectivity index (χ1v) is 9.33. The van der Waals surface area contributed by atoms with E-state index in [-0.39, 0.29) is 24.3 Å². The van der Waals surface area contributed by atoms with E-state index in [1.807, 2.05) is 36.1 Å². The molecule has 0 radical (unpaired) electrons. The Morgan fingerprint density at radius 3 is 2.27 bits per heavy atom. The lowest BCUT2D eigenvalue weighted by atomic mass is 9.88. The van der Waals surface area contributed by atoms with Crippen LogP contribution in [0.2, 0.25) is 0 Å². The number of amides is 2. The highest BCUT2D eigenvalue weighted by molar-refractivity contribution is 5.94. The fourth-order valence-electron chi connectivity index (χ4n) is 3.69. The summed E-state index contributed by atoms with van der Waals surface area (Å²) in [5.41, 5.74) is 0.677. The third kappa shape index (κ3) is 3.91. The van der Waals surface area contributed by atoms with E-state index in [2.05, 4.69) is 0 Å². The van der Waals surface area contributed by atoms with Crippen molar-refractivity contribution >= 4 is 11.8 Å². The molecule has 1 aromatic rings. The third-order valence-corrected chi connectivity index (χ3v) is 5.74. The number of nitrogens with zero attached hydrogens (tertiary/aromatic N) is 2. The van der Waals surface area contributed by atoms with E-state index in [0.29, 0.717) is 44.5 Å². The minimum absolute atomic E-state index is 0.0142. The summed E-state index contributed by atoms with van der Waals surface area (Å²) < 4.78 is 0. The van der Waals surface area contributed by atoms with Gasteiger partial charge in [0.2, 0.25) is 5.91 Å². The van der Waals surface area contributed by atoms with E-state index in [4.69, 9.17) is 0 Å². The molecule has 2 N–H and O–H groups in total. The smallest absolute Gasteiger partial charge is 0.253 e. The van der Waals surface area contributed by atoms with Crippen molar-refractivity contribution in [3.05, 3.63) is 35.4 Å². The summed E-state index contributed by atoms with van der Waals surface area (Å²) in [6.07, 6.45) is 0.743. The molecule has 1 aromatic carbocycles. The molecule has 3 rings (SSSR count). The van der Waals surface area contributed by atoms with Crippen LogP contribution >= 0.6 is 0 Å². The van der Waals surface area contributed by atoms with Crippen molar-refractivity contribution in [3.8, 4) is 0 Å². The quantitative estimate of drug-likeness (QED) is 0.830. The molecule has 142 valence electrons. The van der Waals surface area contributed by atoms with Gasteiger partial charge in [0.15, 0.2) is 0 Å². The number of β-amino-alcohol motifs (C(OH)–C–C–N with tert-alkyl or cyclic N) is 1. The zero-order valence-corrected chi connectivity index (χ0v) is 15.5. The second-order valence-corrected chi connectivity index (χ2v) is 7.84. The van der Waals surface area contributed by atoms with Crippen molar-refractivity contribution in [3.63, 3.8) is 0 Å². The highest BCUT2D eigenvalue weighted by Crippen LogP contribution is 2.26. The number of carbonyl (C=O) groups is 2. The van der Waals surface area contributed by atoms with Crippen LogP contribution in [0.3, 0.4) is 0 Å². The lowest BCUT2D eigenvalue weighted by molar-refractivity contribution is -0.151. The first kappa shape index (κ1) is 18.9. The fraction of sp³-hybridized carbons (Fsp3) is 0.600. The number of rotatable bonds is 2. The van der Waals surface area contributed by atoms with Gasteiger partial charge in [0.1, 0.15) is 0 Å². The number of likely N-dealkylation sites (tertiary alicyclic amines) is 2. The summed E-state index contributed by atoms with van der Waals surface area (Å²) in [6, 6.07) is 7.55. The normalized spacial score (nSPS) is 27.5. The van der Waals surface area contributed by atoms with Crippen LogP contribution in [0.25, 0.3) is 0 Å². The van der Waals surface area contributed by atoms with Gasteiger partial charge in [-0.15, -0.1) is 0 Å². The van der Waals surface area contributed by atoms with Gasteiger partial charge < -0.3 is 20.0 Å². The number of carbonyl (C=O) groups excluding carboxylic acids is 2. The molecule has 2 atom stereocenters. The van der Waals surface area contributed by atoms with E-state index in [0.717, 1.165) is 5.56 Å². The lowest BCUT2D eigenvalue weighted by Crippen LogP contribution is -2.56. The van der Waals surface area contributed by atoms with Gasteiger partial charge in [0.05, 0.1) is 11.7 Å². The molecule has 26 heavy (non-hydrogen) atoms. The average molecular weight is 360 g/mol. The molecule has 0 aromatic heterocycles. The maximum atomic E-state index is 12.7. The summed E-state index contributed by atoms with van der Waals surface area (Å²) in [4.78, 5) is 28.8. The second kappa shape index (κ2) is 7.37. The molecule has 2 aliphatic rings. The molecule has 2 fully saturated rings. The number of piperidine rings is 2. The molecule has 0 spiro atoms. The van der Waals surface area contributed by atoms with Crippen LogP contribution in [-0.2, 0) is 4.79 Å². The van der Waals surface area contributed by atoms with Gasteiger partial charge in [-0.25, -0.2) is 0 Å². The Bertz CT molecular complexity index is 663. The Hall–Kier alpha value is -1.92. The standard InChI is InChI=1S/C20H28N2O4/c1-14-3-5-15(6-4-14)18(24)21-10-7-16(8-11-21)19(25)22-12-9-20(2,26)17(23)13-22/h3-6,16-17,23,26H,7-13H2,1-2H3. The van der Waals surface area contributed by atoms with Crippen LogP contribution in [-0.4, -0.2) is 69.7 Å². The Morgan fingerprint density at radius 1 is 1.08 bits per heavy atom. The fourth-order valence-corrected chi connectivity index (χ4v) is 3.69. The van der Waals surface area contributed by atoms with Gasteiger partial charge in [-0.05, 0) is 45.2 Å². The first-order chi connectivity index (χ1) is 12.3. The van der Waals surface area contributed by atoms with Gasteiger partial charge in [0, 0.05) is 37.7 Å². The maximum absolute atomic E-state index is 12.7. The minimum Gasteiger partial charge on any atom is -0.388 e. The lowest BCUT2D eigenvalue weighted by Gasteiger charge is -2.42. The Kier molecular flexibility index (Phi) is 5.34. The average Bonchev–Trinajstić information content (AvgIpc) is 2.63. The number of benzene rings is 1.